The Bertz CT molecular complexity index is 1330. The predicted molar refractivity (Wildman–Crippen MR) is 121 cm³/mol. The van der Waals surface area contributed by atoms with Crippen molar-refractivity contribution in [1.82, 2.24) is 0 Å². The molecule has 1 heterocycles. The Morgan fingerprint density at radius 3 is 2.56 bits per heavy atom. The van der Waals surface area contributed by atoms with E-state index in [2.05, 4.69) is 0 Å². The van der Waals surface area contributed by atoms with Gasteiger partial charge in [0.15, 0.2) is 0 Å². The maximum absolute atomic E-state index is 13.6. The van der Waals surface area contributed by atoms with E-state index in [0.29, 0.717) is 34.5 Å². The molecule has 0 bridgehead atoms. The molecule has 0 radical (unpaired) electrons. The van der Waals surface area contributed by atoms with Crippen LogP contribution in [0.1, 0.15) is 22.3 Å². The highest BCUT2D eigenvalue weighted by Gasteiger charge is 2.35. The topological polar surface area (TPSA) is 74.7 Å². The maximum Gasteiger partial charge on any atom is 0.420 e. The van der Waals surface area contributed by atoms with Gasteiger partial charge in [-0.3, -0.25) is 4.79 Å². The molecule has 0 aliphatic rings. The number of hydrogen-bond donors (Lipinski definition) is 1. The molecule has 0 aliphatic heterocycles. The fourth-order valence-corrected chi connectivity index (χ4v) is 3.76. The maximum atomic E-state index is 13.6. The van der Waals surface area contributed by atoms with Crippen LogP contribution in [-0.4, -0.2) is 13.1 Å². The minimum absolute atomic E-state index is 0.0137. The Hall–Kier alpha value is -3.78. The molecule has 4 aromatic rings. The summed E-state index contributed by atoms with van der Waals surface area (Å²) in [7, 11) is 1.30. The number of methoxy groups -OCH3 is 1. The van der Waals surface area contributed by atoms with Gasteiger partial charge in [-0.25, -0.2) is 0 Å². The first-order chi connectivity index (χ1) is 16.3. The molecule has 0 spiro atoms. The van der Waals surface area contributed by atoms with Crippen LogP contribution in [0, 0.1) is 0 Å². The number of ether oxygens (including phenoxy) is 2. The van der Waals surface area contributed by atoms with Crippen LogP contribution in [-0.2, 0) is 35.3 Å². The third-order valence-corrected chi connectivity index (χ3v) is 5.44. The van der Waals surface area contributed by atoms with E-state index in [1.165, 1.54) is 13.2 Å². The van der Waals surface area contributed by atoms with Crippen molar-refractivity contribution in [3.05, 3.63) is 89.2 Å². The van der Waals surface area contributed by atoms with Gasteiger partial charge in [0, 0.05) is 23.1 Å². The summed E-state index contributed by atoms with van der Waals surface area (Å²) < 4.78 is 56.9. The molecule has 0 unspecified atom stereocenters. The van der Waals surface area contributed by atoms with Crippen LogP contribution in [0.25, 0.3) is 22.1 Å². The average Bonchev–Trinajstić information content (AvgIpc) is 3.27. The minimum Gasteiger partial charge on any atom is -0.489 e. The smallest absolute Gasteiger partial charge is 0.420 e. The zero-order valence-electron chi connectivity index (χ0n) is 18.3. The van der Waals surface area contributed by atoms with E-state index >= 15 is 0 Å². The molecule has 0 aliphatic carbocycles. The highest BCUT2D eigenvalue weighted by molar-refractivity contribution is 5.95. The van der Waals surface area contributed by atoms with Crippen LogP contribution in [0.3, 0.4) is 0 Å². The van der Waals surface area contributed by atoms with Crippen molar-refractivity contribution in [1.29, 1.82) is 0 Å². The van der Waals surface area contributed by atoms with Gasteiger partial charge in [0.05, 0.1) is 13.5 Å². The minimum atomic E-state index is -4.58. The van der Waals surface area contributed by atoms with Crippen molar-refractivity contribution in [3.8, 4) is 16.9 Å². The van der Waals surface area contributed by atoms with E-state index in [1.54, 1.807) is 42.5 Å². The molecule has 0 amide bonds. The Morgan fingerprint density at radius 1 is 1.03 bits per heavy atom. The molecule has 5 nitrogen and oxygen atoms in total. The van der Waals surface area contributed by atoms with E-state index in [4.69, 9.17) is 19.6 Å². The van der Waals surface area contributed by atoms with Crippen molar-refractivity contribution < 1.29 is 31.9 Å². The third kappa shape index (κ3) is 4.92. The van der Waals surface area contributed by atoms with Crippen molar-refractivity contribution in [2.45, 2.75) is 25.7 Å². The van der Waals surface area contributed by atoms with Gasteiger partial charge in [-0.2, -0.15) is 13.2 Å². The number of para-hydroxylation sites is 1. The number of benzene rings is 3. The van der Waals surface area contributed by atoms with Gasteiger partial charge in [-0.1, -0.05) is 36.4 Å². The number of hydrogen-bond acceptors (Lipinski definition) is 5. The summed E-state index contributed by atoms with van der Waals surface area (Å²) in [6.07, 6.45) is -3.83. The highest BCUT2D eigenvalue weighted by Crippen LogP contribution is 2.40. The number of rotatable bonds is 7. The quantitative estimate of drug-likeness (QED) is 0.343. The van der Waals surface area contributed by atoms with Gasteiger partial charge in [0.1, 0.15) is 29.8 Å². The first kappa shape index (κ1) is 23.4. The lowest BCUT2D eigenvalue weighted by atomic mass is 9.97. The number of alkyl halides is 3. The molecule has 176 valence electrons. The van der Waals surface area contributed by atoms with Gasteiger partial charge in [-0.15, -0.1) is 0 Å². The fourth-order valence-electron chi connectivity index (χ4n) is 3.76. The van der Waals surface area contributed by atoms with Crippen molar-refractivity contribution in [2.75, 3.05) is 7.11 Å². The average molecular weight is 469 g/mol. The van der Waals surface area contributed by atoms with Crippen LogP contribution in [0.2, 0.25) is 0 Å². The Balaban J connectivity index is 1.76. The molecule has 3 aromatic carbocycles. The second-order valence-electron chi connectivity index (χ2n) is 7.72. The van der Waals surface area contributed by atoms with Crippen molar-refractivity contribution in [3.63, 3.8) is 0 Å². The van der Waals surface area contributed by atoms with Crippen molar-refractivity contribution in [2.24, 2.45) is 5.73 Å². The molecule has 0 saturated heterocycles. The van der Waals surface area contributed by atoms with Gasteiger partial charge in [0.2, 0.25) is 0 Å². The first-order valence-corrected chi connectivity index (χ1v) is 10.5. The molecular weight excluding hydrogens is 447 g/mol. The molecule has 1 aromatic heterocycles. The molecule has 0 fully saturated rings. The molecule has 0 atom stereocenters. The summed E-state index contributed by atoms with van der Waals surface area (Å²) in [5, 5.41) is -0.0513. The second kappa shape index (κ2) is 9.61. The number of carbonyl (C=O) groups is 1. The largest absolute Gasteiger partial charge is 0.489 e. The molecule has 8 heteroatoms. The summed E-state index contributed by atoms with van der Waals surface area (Å²) >= 11 is 0. The fraction of sp³-hybridized carbons (Fsp3) is 0.192. The Kier molecular flexibility index (Phi) is 6.61. The summed E-state index contributed by atoms with van der Waals surface area (Å²) in [6.45, 7) is 0.281. The van der Waals surface area contributed by atoms with Crippen LogP contribution < -0.4 is 10.5 Å². The summed E-state index contributed by atoms with van der Waals surface area (Å²) in [6, 6.07) is 17.4. The molecule has 0 saturated carbocycles. The van der Waals surface area contributed by atoms with E-state index in [-0.39, 0.29) is 24.0 Å². The standard InChI is InChI=1S/C26H22F3NO4/c1-32-24(31)12-19-6-2-3-8-23(19)33-14-17-10-20(18-7-4-5-16(9-18)13-30)25-21(11-17)22(15-34-25)26(27,28)29/h2-11,15H,12-14,30H2,1H3. The zero-order chi connectivity index (χ0) is 24.3. The van der Waals surface area contributed by atoms with E-state index < -0.39 is 17.7 Å². The molecular formula is C26H22F3NO4. The number of fused-ring (bicyclic) bond motifs is 1. The monoisotopic (exact) mass is 469 g/mol. The van der Waals surface area contributed by atoms with Crippen LogP contribution >= 0.6 is 0 Å². The van der Waals surface area contributed by atoms with Crippen LogP contribution in [0.4, 0.5) is 13.2 Å². The van der Waals surface area contributed by atoms with E-state index in [0.717, 1.165) is 11.8 Å². The number of esters is 1. The number of halogens is 3. The van der Waals surface area contributed by atoms with Gasteiger partial charge in [0.25, 0.3) is 0 Å². The number of nitrogens with two attached hydrogens (primary N) is 1. The molecule has 4 rings (SSSR count). The lowest BCUT2D eigenvalue weighted by Gasteiger charge is -2.13. The zero-order valence-corrected chi connectivity index (χ0v) is 18.3. The predicted octanol–water partition coefficient (Wildman–Crippen LogP) is 5.87. The van der Waals surface area contributed by atoms with Gasteiger partial charge < -0.3 is 19.6 Å². The molecule has 34 heavy (non-hydrogen) atoms. The summed E-state index contributed by atoms with van der Waals surface area (Å²) in [5.74, 6) is 0.0238. The summed E-state index contributed by atoms with van der Waals surface area (Å²) in [4.78, 5) is 11.7. The highest BCUT2D eigenvalue weighted by atomic mass is 19.4. The normalized spacial score (nSPS) is 11.6. The number of carbonyl (C=O) groups excluding carboxylic acids is 1. The third-order valence-electron chi connectivity index (χ3n) is 5.44. The van der Waals surface area contributed by atoms with E-state index in [1.807, 2.05) is 12.1 Å². The second-order valence-corrected chi connectivity index (χ2v) is 7.72. The lowest BCUT2D eigenvalue weighted by molar-refractivity contribution is -0.140. The van der Waals surface area contributed by atoms with Crippen molar-refractivity contribution >= 4 is 16.9 Å². The van der Waals surface area contributed by atoms with Crippen LogP contribution in [0.5, 0.6) is 5.75 Å². The summed E-state index contributed by atoms with van der Waals surface area (Å²) in [5.41, 5.74) is 8.19. The Morgan fingerprint density at radius 2 is 1.82 bits per heavy atom. The van der Waals surface area contributed by atoms with E-state index in [9.17, 15) is 18.0 Å². The Labute approximate surface area is 193 Å². The van der Waals surface area contributed by atoms with Gasteiger partial charge >= 0.3 is 12.1 Å². The van der Waals surface area contributed by atoms with Gasteiger partial charge in [-0.05, 0) is 41.0 Å². The first-order valence-electron chi connectivity index (χ1n) is 10.5. The SMILES string of the molecule is COC(=O)Cc1ccccc1OCc1cc(-c2cccc(CN)c2)c2occ(C(F)(F)F)c2c1. The van der Waals surface area contributed by atoms with Crippen LogP contribution in [0.15, 0.2) is 71.3 Å². The lowest BCUT2D eigenvalue weighted by Crippen LogP contribution is -2.07. The number of furan rings is 1. The molecule has 2 N–H and O–H groups in total.